The molecule has 0 bridgehead atoms. The number of nitrogens with one attached hydrogen (secondary N) is 1. The van der Waals surface area contributed by atoms with Gasteiger partial charge < -0.3 is 10.1 Å². The van der Waals surface area contributed by atoms with Crippen LogP contribution in [0, 0.1) is 12.8 Å². The van der Waals surface area contributed by atoms with Gasteiger partial charge in [-0.2, -0.15) is 0 Å². The number of rotatable bonds is 6. The molecule has 122 valence electrons. The maximum Gasteiger partial charge on any atom is 0.251 e. The van der Waals surface area contributed by atoms with Crippen LogP contribution < -0.4 is 5.32 Å². The number of nitrogens with zero attached hydrogens (tertiary/aromatic N) is 1. The molecule has 0 saturated carbocycles. The molecule has 4 nitrogen and oxygen atoms in total. The number of benzene rings is 1. The van der Waals surface area contributed by atoms with Crippen LogP contribution in [-0.2, 0) is 4.74 Å². The summed E-state index contributed by atoms with van der Waals surface area (Å²) < 4.78 is 5.43. The van der Waals surface area contributed by atoms with E-state index < -0.39 is 0 Å². The largest absolute Gasteiger partial charge is 0.379 e. The predicted molar refractivity (Wildman–Crippen MR) is 89.1 cm³/mol. The molecule has 1 amide bonds. The van der Waals surface area contributed by atoms with E-state index in [-0.39, 0.29) is 5.91 Å². The van der Waals surface area contributed by atoms with Crippen molar-refractivity contribution in [3.63, 3.8) is 0 Å². The van der Waals surface area contributed by atoms with Crippen LogP contribution in [0.4, 0.5) is 0 Å². The van der Waals surface area contributed by atoms with Crippen molar-refractivity contribution >= 4 is 5.91 Å². The van der Waals surface area contributed by atoms with E-state index in [9.17, 15) is 4.79 Å². The number of ether oxygens (including phenoxy) is 1. The van der Waals surface area contributed by atoms with E-state index in [2.05, 4.69) is 24.1 Å². The van der Waals surface area contributed by atoms with E-state index in [0.29, 0.717) is 18.5 Å². The molecule has 1 aliphatic heterocycles. The summed E-state index contributed by atoms with van der Waals surface area (Å²) in [5, 5.41) is 3.11. The maximum atomic E-state index is 12.3. The zero-order valence-corrected chi connectivity index (χ0v) is 14.0. The van der Waals surface area contributed by atoms with Crippen LogP contribution in [0.3, 0.4) is 0 Å². The molecule has 1 aromatic carbocycles. The molecule has 1 unspecified atom stereocenters. The summed E-state index contributed by atoms with van der Waals surface area (Å²) in [6.07, 6.45) is 1.09. The molecule has 0 spiro atoms. The third-order valence-electron chi connectivity index (χ3n) is 4.08. The van der Waals surface area contributed by atoms with Gasteiger partial charge in [-0.15, -0.1) is 0 Å². The molecular formula is C18H28N2O2. The molecule has 22 heavy (non-hydrogen) atoms. The lowest BCUT2D eigenvalue weighted by atomic mass is 10.0. The zero-order chi connectivity index (χ0) is 15.9. The summed E-state index contributed by atoms with van der Waals surface area (Å²) in [7, 11) is 0. The van der Waals surface area contributed by atoms with E-state index in [1.807, 2.05) is 31.2 Å². The van der Waals surface area contributed by atoms with E-state index in [0.717, 1.165) is 43.9 Å². The predicted octanol–water partition coefficient (Wildman–Crippen LogP) is 2.47. The molecule has 1 heterocycles. The molecule has 1 N–H and O–H groups in total. The highest BCUT2D eigenvalue weighted by atomic mass is 16.5. The van der Waals surface area contributed by atoms with Gasteiger partial charge >= 0.3 is 0 Å². The van der Waals surface area contributed by atoms with Crippen molar-refractivity contribution in [2.24, 2.45) is 5.92 Å². The van der Waals surface area contributed by atoms with Crippen molar-refractivity contribution in [2.45, 2.75) is 33.2 Å². The van der Waals surface area contributed by atoms with Crippen LogP contribution >= 0.6 is 0 Å². The number of carbonyl (C=O) groups excluding carboxylic acids is 1. The summed E-state index contributed by atoms with van der Waals surface area (Å²) in [6.45, 7) is 10.7. The average molecular weight is 304 g/mol. The number of hydrogen-bond acceptors (Lipinski definition) is 3. The van der Waals surface area contributed by atoms with Crippen LogP contribution in [0.25, 0.3) is 0 Å². The summed E-state index contributed by atoms with van der Waals surface area (Å²) >= 11 is 0. The van der Waals surface area contributed by atoms with Crippen LogP contribution in [-0.4, -0.2) is 49.7 Å². The number of hydrogen-bond donors (Lipinski definition) is 1. The van der Waals surface area contributed by atoms with Crippen LogP contribution in [0.2, 0.25) is 0 Å². The van der Waals surface area contributed by atoms with Gasteiger partial charge in [0.2, 0.25) is 0 Å². The third kappa shape index (κ3) is 5.11. The van der Waals surface area contributed by atoms with E-state index in [1.165, 1.54) is 0 Å². The molecule has 2 rings (SSSR count). The maximum absolute atomic E-state index is 12.3. The van der Waals surface area contributed by atoms with Gasteiger partial charge in [-0.3, -0.25) is 9.69 Å². The minimum Gasteiger partial charge on any atom is -0.379 e. The molecule has 4 heteroatoms. The first-order valence-electron chi connectivity index (χ1n) is 8.23. The van der Waals surface area contributed by atoms with Gasteiger partial charge in [-0.05, 0) is 31.4 Å². The molecule has 1 saturated heterocycles. The number of aryl methyl sites for hydroxylation is 1. The van der Waals surface area contributed by atoms with Crippen molar-refractivity contribution in [3.8, 4) is 0 Å². The van der Waals surface area contributed by atoms with Gasteiger partial charge in [0, 0.05) is 31.2 Å². The summed E-state index contributed by atoms with van der Waals surface area (Å²) in [4.78, 5) is 14.8. The Morgan fingerprint density at radius 2 is 2.05 bits per heavy atom. The summed E-state index contributed by atoms with van der Waals surface area (Å²) in [5.41, 5.74) is 1.85. The summed E-state index contributed by atoms with van der Waals surface area (Å²) in [6, 6.07) is 8.12. The van der Waals surface area contributed by atoms with Gasteiger partial charge in [0.15, 0.2) is 0 Å². The molecule has 0 aliphatic carbocycles. The minimum absolute atomic E-state index is 0.0192. The molecule has 0 aromatic heterocycles. The molecule has 1 aromatic rings. The standard InChI is InChI=1S/C18H28N2O2/c1-14(2)11-17(20-7-9-22-10-8-20)13-19-18(21)16-6-4-5-15(3)12-16/h4-6,12,14,17H,7-11,13H2,1-3H3,(H,19,21). The monoisotopic (exact) mass is 304 g/mol. The highest BCUT2D eigenvalue weighted by Crippen LogP contribution is 2.13. The molecule has 1 fully saturated rings. The summed E-state index contributed by atoms with van der Waals surface area (Å²) in [5.74, 6) is 0.634. The quantitative estimate of drug-likeness (QED) is 0.878. The van der Waals surface area contributed by atoms with Crippen molar-refractivity contribution in [3.05, 3.63) is 35.4 Å². The third-order valence-corrected chi connectivity index (χ3v) is 4.08. The van der Waals surface area contributed by atoms with E-state index >= 15 is 0 Å². The Balaban J connectivity index is 1.93. The van der Waals surface area contributed by atoms with E-state index in [1.54, 1.807) is 0 Å². The van der Waals surface area contributed by atoms with Crippen LogP contribution in [0.15, 0.2) is 24.3 Å². The van der Waals surface area contributed by atoms with Gasteiger partial charge in [-0.1, -0.05) is 31.5 Å². The lowest BCUT2D eigenvalue weighted by Crippen LogP contribution is -2.49. The van der Waals surface area contributed by atoms with Crippen LogP contribution in [0.1, 0.15) is 36.2 Å². The number of carbonyl (C=O) groups is 1. The first-order valence-corrected chi connectivity index (χ1v) is 8.23. The highest BCUT2D eigenvalue weighted by Gasteiger charge is 2.22. The highest BCUT2D eigenvalue weighted by molar-refractivity contribution is 5.94. The fourth-order valence-corrected chi connectivity index (χ4v) is 2.95. The van der Waals surface area contributed by atoms with Gasteiger partial charge in [0.05, 0.1) is 13.2 Å². The smallest absolute Gasteiger partial charge is 0.251 e. The second kappa shape index (κ2) is 8.30. The first kappa shape index (κ1) is 17.0. The Kier molecular flexibility index (Phi) is 6.40. The SMILES string of the molecule is Cc1cccc(C(=O)NCC(CC(C)C)N2CCOCC2)c1. The van der Waals surface area contributed by atoms with Crippen molar-refractivity contribution < 1.29 is 9.53 Å². The van der Waals surface area contributed by atoms with Crippen LogP contribution in [0.5, 0.6) is 0 Å². The molecular weight excluding hydrogens is 276 g/mol. The Bertz CT molecular complexity index is 482. The normalized spacial score (nSPS) is 17.5. The topological polar surface area (TPSA) is 41.6 Å². The number of amides is 1. The zero-order valence-electron chi connectivity index (χ0n) is 14.0. The van der Waals surface area contributed by atoms with E-state index in [4.69, 9.17) is 4.74 Å². The Hall–Kier alpha value is -1.39. The van der Waals surface area contributed by atoms with Gasteiger partial charge in [0.25, 0.3) is 5.91 Å². The Morgan fingerprint density at radius 1 is 1.32 bits per heavy atom. The lowest BCUT2D eigenvalue weighted by molar-refractivity contribution is 0.0124. The fraction of sp³-hybridized carbons (Fsp3) is 0.611. The van der Waals surface area contributed by atoms with Gasteiger partial charge in [-0.25, -0.2) is 0 Å². The minimum atomic E-state index is 0.0192. The lowest BCUT2D eigenvalue weighted by Gasteiger charge is -2.35. The molecule has 0 radical (unpaired) electrons. The Morgan fingerprint density at radius 3 is 2.68 bits per heavy atom. The second-order valence-electron chi connectivity index (χ2n) is 6.51. The first-order chi connectivity index (χ1) is 10.6. The molecule has 1 atom stereocenters. The molecule has 1 aliphatic rings. The van der Waals surface area contributed by atoms with Crippen molar-refractivity contribution in [2.75, 3.05) is 32.8 Å². The van der Waals surface area contributed by atoms with Crippen molar-refractivity contribution in [1.29, 1.82) is 0 Å². The number of morpholine rings is 1. The van der Waals surface area contributed by atoms with Gasteiger partial charge in [0.1, 0.15) is 0 Å². The second-order valence-corrected chi connectivity index (χ2v) is 6.51. The average Bonchev–Trinajstić information content (AvgIpc) is 2.51. The van der Waals surface area contributed by atoms with Crippen molar-refractivity contribution in [1.82, 2.24) is 10.2 Å². The Labute approximate surface area is 133 Å². The fourth-order valence-electron chi connectivity index (χ4n) is 2.95.